The Morgan fingerprint density at radius 2 is 2.17 bits per heavy atom. The van der Waals surface area contributed by atoms with E-state index >= 15 is 0 Å². The number of hydrogen-bond acceptors (Lipinski definition) is 4. The topological polar surface area (TPSA) is 55.4 Å². The summed E-state index contributed by atoms with van der Waals surface area (Å²) in [5, 5.41) is 4.82. The molecular weight excluding hydrogens is 322 g/mol. The molecule has 3 rings (SSSR count). The number of nitrogens with one attached hydrogen (secondary N) is 1. The average molecular weight is 349 g/mol. The molecule has 2 aliphatic carbocycles. The number of amides is 1. The van der Waals surface area contributed by atoms with Gasteiger partial charge in [0.2, 0.25) is 5.91 Å². The molecule has 4 nitrogen and oxygen atoms in total. The Morgan fingerprint density at radius 3 is 2.67 bits per heavy atom. The zero-order chi connectivity index (χ0) is 17.5. The van der Waals surface area contributed by atoms with Gasteiger partial charge in [-0.1, -0.05) is 26.8 Å². The van der Waals surface area contributed by atoms with Crippen LogP contribution >= 0.6 is 11.3 Å². The SMILES string of the molecule is CC(=O)N[C@@H](CC(=O)O[C@H]1C[C@H]2CC[C@@]1(C)C2(C)C)c1cccs1. The van der Waals surface area contributed by atoms with E-state index in [-0.39, 0.29) is 41.3 Å². The van der Waals surface area contributed by atoms with E-state index in [4.69, 9.17) is 4.74 Å². The van der Waals surface area contributed by atoms with Gasteiger partial charge in [0.1, 0.15) is 6.10 Å². The lowest BCUT2D eigenvalue weighted by atomic mass is 9.70. The van der Waals surface area contributed by atoms with Crippen LogP contribution in [0.5, 0.6) is 0 Å². The molecular formula is C19H27NO3S. The second-order valence-corrected chi connectivity index (χ2v) is 9.04. The highest BCUT2D eigenvalue weighted by molar-refractivity contribution is 7.10. The quantitative estimate of drug-likeness (QED) is 0.815. The molecule has 4 atom stereocenters. The summed E-state index contributed by atoms with van der Waals surface area (Å²) in [7, 11) is 0. The zero-order valence-electron chi connectivity index (χ0n) is 14.9. The molecule has 1 amide bonds. The van der Waals surface area contributed by atoms with E-state index in [1.54, 1.807) is 11.3 Å². The highest BCUT2D eigenvalue weighted by Crippen LogP contribution is 2.66. The van der Waals surface area contributed by atoms with Gasteiger partial charge in [-0.25, -0.2) is 0 Å². The van der Waals surface area contributed by atoms with Crippen LogP contribution in [0.1, 0.15) is 64.3 Å². The summed E-state index contributed by atoms with van der Waals surface area (Å²) in [6.45, 7) is 8.36. The fourth-order valence-corrected chi connectivity index (χ4v) is 5.42. The molecule has 2 saturated carbocycles. The molecule has 24 heavy (non-hydrogen) atoms. The predicted octanol–water partition coefficient (Wildman–Crippen LogP) is 4.07. The van der Waals surface area contributed by atoms with Gasteiger partial charge < -0.3 is 10.1 Å². The first-order valence-electron chi connectivity index (χ1n) is 8.74. The molecule has 0 saturated heterocycles. The molecule has 2 fully saturated rings. The van der Waals surface area contributed by atoms with Crippen LogP contribution in [0.4, 0.5) is 0 Å². The number of thiophene rings is 1. The Morgan fingerprint density at radius 1 is 1.42 bits per heavy atom. The number of hydrogen-bond donors (Lipinski definition) is 1. The van der Waals surface area contributed by atoms with Gasteiger partial charge in [0.25, 0.3) is 0 Å². The van der Waals surface area contributed by atoms with E-state index in [9.17, 15) is 9.59 Å². The second-order valence-electron chi connectivity index (χ2n) is 8.06. The summed E-state index contributed by atoms with van der Waals surface area (Å²) in [6, 6.07) is 3.58. The molecule has 0 aromatic carbocycles. The third kappa shape index (κ3) is 2.87. The fraction of sp³-hybridized carbons (Fsp3) is 0.684. The van der Waals surface area contributed by atoms with Crippen molar-refractivity contribution in [2.45, 2.75) is 65.5 Å². The maximum Gasteiger partial charge on any atom is 0.308 e. The van der Waals surface area contributed by atoms with Crippen LogP contribution in [0.2, 0.25) is 0 Å². The van der Waals surface area contributed by atoms with Crippen LogP contribution in [-0.4, -0.2) is 18.0 Å². The van der Waals surface area contributed by atoms with Gasteiger partial charge in [-0.3, -0.25) is 9.59 Å². The highest BCUT2D eigenvalue weighted by Gasteiger charge is 2.62. The molecule has 1 heterocycles. The predicted molar refractivity (Wildman–Crippen MR) is 94.6 cm³/mol. The third-order valence-electron chi connectivity index (χ3n) is 6.62. The van der Waals surface area contributed by atoms with Gasteiger partial charge in [-0.05, 0) is 42.0 Å². The minimum atomic E-state index is -0.297. The molecule has 0 aliphatic heterocycles. The van der Waals surface area contributed by atoms with E-state index in [1.165, 1.54) is 13.3 Å². The van der Waals surface area contributed by atoms with Crippen LogP contribution in [0.25, 0.3) is 0 Å². The number of rotatable bonds is 5. The standard InChI is InChI=1S/C19H27NO3S/c1-12(21)20-14(15-6-5-9-24-15)11-17(22)23-16-10-13-7-8-19(16,4)18(13,2)3/h5-6,9,13-14,16H,7-8,10-11H2,1-4H3,(H,20,21)/t13-,14+,16+,19-/m1/s1. The number of carbonyl (C=O) groups is 2. The number of carbonyl (C=O) groups excluding carboxylic acids is 2. The fourth-order valence-electron chi connectivity index (χ4n) is 4.64. The largest absolute Gasteiger partial charge is 0.462 e. The molecule has 0 radical (unpaired) electrons. The third-order valence-corrected chi connectivity index (χ3v) is 7.61. The monoisotopic (exact) mass is 349 g/mol. The summed E-state index contributed by atoms with van der Waals surface area (Å²) in [5.41, 5.74) is 0.294. The number of esters is 1. The molecule has 1 aromatic heterocycles. The first kappa shape index (κ1) is 17.5. The van der Waals surface area contributed by atoms with E-state index in [1.807, 2.05) is 17.5 Å². The molecule has 5 heteroatoms. The number of fused-ring (bicyclic) bond motifs is 2. The van der Waals surface area contributed by atoms with Crippen LogP contribution in [0.3, 0.4) is 0 Å². The average Bonchev–Trinajstić information content (AvgIpc) is 3.12. The summed E-state index contributed by atoms with van der Waals surface area (Å²) < 4.78 is 5.91. The minimum Gasteiger partial charge on any atom is -0.462 e. The van der Waals surface area contributed by atoms with E-state index in [2.05, 4.69) is 26.1 Å². The minimum absolute atomic E-state index is 0.0000591. The van der Waals surface area contributed by atoms with Crippen LogP contribution < -0.4 is 5.32 Å². The highest BCUT2D eigenvalue weighted by atomic mass is 32.1. The first-order chi connectivity index (χ1) is 11.2. The van der Waals surface area contributed by atoms with Gasteiger partial charge in [-0.15, -0.1) is 11.3 Å². The smallest absolute Gasteiger partial charge is 0.308 e. The lowest BCUT2D eigenvalue weighted by Crippen LogP contribution is -2.39. The van der Waals surface area contributed by atoms with Crippen LogP contribution in [0, 0.1) is 16.7 Å². The summed E-state index contributed by atoms with van der Waals surface area (Å²) in [6.07, 6.45) is 3.53. The van der Waals surface area contributed by atoms with Crippen molar-refractivity contribution in [1.82, 2.24) is 5.32 Å². The maximum atomic E-state index is 12.5. The Labute approximate surface area is 148 Å². The lowest BCUT2D eigenvalue weighted by Gasteiger charge is -2.38. The maximum absolute atomic E-state index is 12.5. The molecule has 1 aromatic rings. The van der Waals surface area contributed by atoms with Crippen molar-refractivity contribution in [2.24, 2.45) is 16.7 Å². The van der Waals surface area contributed by atoms with Crippen LogP contribution in [0.15, 0.2) is 17.5 Å². The summed E-state index contributed by atoms with van der Waals surface area (Å²) in [4.78, 5) is 25.0. The normalized spacial score (nSPS) is 31.7. The van der Waals surface area contributed by atoms with Crippen molar-refractivity contribution >= 4 is 23.2 Å². The van der Waals surface area contributed by atoms with E-state index in [0.717, 1.165) is 17.7 Å². The van der Waals surface area contributed by atoms with Gasteiger partial charge >= 0.3 is 5.97 Å². The van der Waals surface area contributed by atoms with Crippen LogP contribution in [-0.2, 0) is 14.3 Å². The molecule has 132 valence electrons. The number of ether oxygens (including phenoxy) is 1. The molecule has 2 aliphatic rings. The van der Waals surface area contributed by atoms with Gasteiger partial charge in [0.05, 0.1) is 12.5 Å². The summed E-state index contributed by atoms with van der Waals surface area (Å²) in [5.74, 6) is 0.301. The van der Waals surface area contributed by atoms with Gasteiger partial charge in [0, 0.05) is 17.2 Å². The lowest BCUT2D eigenvalue weighted by molar-refractivity contribution is -0.157. The summed E-state index contributed by atoms with van der Waals surface area (Å²) >= 11 is 1.55. The van der Waals surface area contributed by atoms with Crippen molar-refractivity contribution in [3.63, 3.8) is 0 Å². The zero-order valence-corrected chi connectivity index (χ0v) is 15.7. The van der Waals surface area contributed by atoms with Crippen molar-refractivity contribution in [2.75, 3.05) is 0 Å². The van der Waals surface area contributed by atoms with Gasteiger partial charge in [-0.2, -0.15) is 0 Å². The molecule has 2 bridgehead atoms. The van der Waals surface area contributed by atoms with Crippen molar-refractivity contribution in [3.8, 4) is 0 Å². The Balaban J connectivity index is 1.66. The van der Waals surface area contributed by atoms with Crippen molar-refractivity contribution in [3.05, 3.63) is 22.4 Å². The molecule has 0 spiro atoms. The van der Waals surface area contributed by atoms with E-state index in [0.29, 0.717) is 5.92 Å². The van der Waals surface area contributed by atoms with E-state index < -0.39 is 0 Å². The molecule has 0 unspecified atom stereocenters. The van der Waals surface area contributed by atoms with Crippen molar-refractivity contribution in [1.29, 1.82) is 0 Å². The van der Waals surface area contributed by atoms with Gasteiger partial charge in [0.15, 0.2) is 0 Å². The van der Waals surface area contributed by atoms with Crippen molar-refractivity contribution < 1.29 is 14.3 Å². The Kier molecular flexibility index (Phi) is 4.49. The second kappa shape index (κ2) is 6.17. The first-order valence-corrected chi connectivity index (χ1v) is 9.62. The molecule has 1 N–H and O–H groups in total. The Bertz CT molecular complexity index is 625. The Hall–Kier alpha value is -1.36.